The number of aryl methyl sites for hydroxylation is 1. The van der Waals surface area contributed by atoms with E-state index < -0.39 is 0 Å². The number of thiophene rings is 1. The van der Waals surface area contributed by atoms with E-state index in [9.17, 15) is 0 Å². The first-order valence-corrected chi connectivity index (χ1v) is 12.3. The highest BCUT2D eigenvalue weighted by Crippen LogP contribution is 2.36. The van der Waals surface area contributed by atoms with Crippen LogP contribution in [0.2, 0.25) is 0 Å². The molecule has 1 aliphatic heterocycles. The number of benzene rings is 1. The predicted octanol–water partition coefficient (Wildman–Crippen LogP) is 4.77. The van der Waals surface area contributed by atoms with Gasteiger partial charge in [0.2, 0.25) is 0 Å². The van der Waals surface area contributed by atoms with Crippen molar-refractivity contribution in [1.29, 1.82) is 0 Å². The molecule has 0 unspecified atom stereocenters. The lowest BCUT2D eigenvalue weighted by Gasteiger charge is -2.25. The molecular weight excluding hydrogens is 412 g/mol. The van der Waals surface area contributed by atoms with Gasteiger partial charge in [-0.2, -0.15) is 5.10 Å². The van der Waals surface area contributed by atoms with Crippen molar-refractivity contribution < 1.29 is 0 Å². The molecule has 0 aliphatic carbocycles. The second-order valence-electron chi connectivity index (χ2n) is 7.78. The van der Waals surface area contributed by atoms with Gasteiger partial charge in [-0.25, -0.2) is 4.68 Å². The van der Waals surface area contributed by atoms with E-state index in [1.165, 1.54) is 37.7 Å². The maximum absolute atomic E-state index is 4.74. The summed E-state index contributed by atoms with van der Waals surface area (Å²) in [6, 6.07) is 12.5. The SMILES string of the molecule is Cc1nn(-c2ccccc2)c2sc(-c3nnc(SCCN4CCCCC4)n3C)cc12. The Balaban J connectivity index is 1.37. The molecule has 0 saturated carbocycles. The molecule has 0 atom stereocenters. The van der Waals surface area contributed by atoms with Gasteiger partial charge >= 0.3 is 0 Å². The molecule has 1 saturated heterocycles. The van der Waals surface area contributed by atoms with Crippen LogP contribution in [-0.4, -0.2) is 54.8 Å². The number of hydrogen-bond donors (Lipinski definition) is 0. The first-order valence-electron chi connectivity index (χ1n) is 10.5. The number of fused-ring (bicyclic) bond motifs is 1. The van der Waals surface area contributed by atoms with Crippen molar-refractivity contribution in [2.75, 3.05) is 25.4 Å². The lowest BCUT2D eigenvalue weighted by molar-refractivity contribution is 0.242. The van der Waals surface area contributed by atoms with E-state index in [1.807, 2.05) is 22.9 Å². The highest BCUT2D eigenvalue weighted by atomic mass is 32.2. The van der Waals surface area contributed by atoms with Gasteiger partial charge in [-0.1, -0.05) is 36.4 Å². The number of nitrogens with zero attached hydrogens (tertiary/aromatic N) is 6. The van der Waals surface area contributed by atoms with Crippen molar-refractivity contribution in [3.05, 3.63) is 42.1 Å². The van der Waals surface area contributed by atoms with Crippen molar-refractivity contribution in [3.8, 4) is 16.4 Å². The summed E-state index contributed by atoms with van der Waals surface area (Å²) in [6.07, 6.45) is 4.06. The molecule has 0 amide bonds. The Morgan fingerprint density at radius 1 is 1.07 bits per heavy atom. The van der Waals surface area contributed by atoms with Crippen molar-refractivity contribution >= 4 is 33.3 Å². The quantitative estimate of drug-likeness (QED) is 0.406. The fourth-order valence-corrected chi connectivity index (χ4v) is 6.12. The molecule has 0 bridgehead atoms. The summed E-state index contributed by atoms with van der Waals surface area (Å²) in [7, 11) is 2.07. The Morgan fingerprint density at radius 2 is 1.87 bits per heavy atom. The summed E-state index contributed by atoms with van der Waals surface area (Å²) in [5.74, 6) is 1.98. The predicted molar refractivity (Wildman–Crippen MR) is 125 cm³/mol. The van der Waals surface area contributed by atoms with E-state index in [0.29, 0.717) is 0 Å². The Hall–Kier alpha value is -2.16. The van der Waals surface area contributed by atoms with Crippen molar-refractivity contribution in [1.82, 2.24) is 29.4 Å². The lowest BCUT2D eigenvalue weighted by atomic mass is 10.1. The molecule has 5 rings (SSSR count). The van der Waals surface area contributed by atoms with Crippen LogP contribution in [0.25, 0.3) is 26.6 Å². The molecule has 0 N–H and O–H groups in total. The van der Waals surface area contributed by atoms with Crippen LogP contribution < -0.4 is 0 Å². The zero-order chi connectivity index (χ0) is 20.5. The zero-order valence-electron chi connectivity index (χ0n) is 17.4. The Morgan fingerprint density at radius 3 is 2.67 bits per heavy atom. The van der Waals surface area contributed by atoms with Gasteiger partial charge in [-0.3, -0.25) is 0 Å². The van der Waals surface area contributed by atoms with E-state index in [2.05, 4.69) is 51.8 Å². The number of piperidine rings is 1. The average molecular weight is 439 g/mol. The minimum atomic E-state index is 0.927. The zero-order valence-corrected chi connectivity index (χ0v) is 19.0. The number of hydrogen-bond acceptors (Lipinski definition) is 6. The van der Waals surface area contributed by atoms with Crippen LogP contribution in [0, 0.1) is 6.92 Å². The van der Waals surface area contributed by atoms with Gasteiger partial charge < -0.3 is 9.47 Å². The van der Waals surface area contributed by atoms with Gasteiger partial charge in [0.25, 0.3) is 0 Å². The normalized spacial score (nSPS) is 15.3. The van der Waals surface area contributed by atoms with E-state index in [1.54, 1.807) is 23.1 Å². The van der Waals surface area contributed by atoms with Crippen LogP contribution in [0.1, 0.15) is 25.0 Å². The molecule has 0 radical (unpaired) electrons. The summed E-state index contributed by atoms with van der Waals surface area (Å²) in [4.78, 5) is 4.85. The molecule has 8 heteroatoms. The number of rotatable bonds is 6. The van der Waals surface area contributed by atoms with Gasteiger partial charge in [0.15, 0.2) is 11.0 Å². The monoisotopic (exact) mass is 438 g/mol. The number of aromatic nitrogens is 5. The summed E-state index contributed by atoms with van der Waals surface area (Å²) in [5.41, 5.74) is 2.12. The van der Waals surface area contributed by atoms with Crippen molar-refractivity contribution in [2.45, 2.75) is 31.3 Å². The molecule has 30 heavy (non-hydrogen) atoms. The minimum absolute atomic E-state index is 0.927. The van der Waals surface area contributed by atoms with E-state index in [-0.39, 0.29) is 0 Å². The Labute approximate surface area is 184 Å². The first-order chi connectivity index (χ1) is 14.7. The Kier molecular flexibility index (Phi) is 5.62. The van der Waals surface area contributed by atoms with Crippen LogP contribution in [0.3, 0.4) is 0 Å². The van der Waals surface area contributed by atoms with E-state index in [4.69, 9.17) is 5.10 Å². The third kappa shape index (κ3) is 3.79. The highest BCUT2D eigenvalue weighted by Gasteiger charge is 2.19. The minimum Gasteiger partial charge on any atom is -0.304 e. The molecule has 6 nitrogen and oxygen atoms in total. The number of para-hydroxylation sites is 1. The van der Waals surface area contributed by atoms with Crippen LogP contribution >= 0.6 is 23.1 Å². The molecule has 1 aliphatic rings. The third-order valence-electron chi connectivity index (χ3n) is 5.69. The molecule has 0 spiro atoms. The molecular formula is C22H26N6S2. The van der Waals surface area contributed by atoms with Crippen molar-refractivity contribution in [2.24, 2.45) is 7.05 Å². The maximum atomic E-state index is 4.74. The maximum Gasteiger partial charge on any atom is 0.191 e. The van der Waals surface area contributed by atoms with Gasteiger partial charge in [-0.05, 0) is 51.1 Å². The molecule has 1 aromatic carbocycles. The van der Waals surface area contributed by atoms with E-state index >= 15 is 0 Å². The van der Waals surface area contributed by atoms with Crippen LogP contribution in [0.4, 0.5) is 0 Å². The third-order valence-corrected chi connectivity index (χ3v) is 7.79. The fraction of sp³-hybridized carbons (Fsp3) is 0.409. The summed E-state index contributed by atoms with van der Waals surface area (Å²) in [6.45, 7) is 5.67. The van der Waals surface area contributed by atoms with Gasteiger partial charge in [-0.15, -0.1) is 21.5 Å². The summed E-state index contributed by atoms with van der Waals surface area (Å²) < 4.78 is 4.16. The van der Waals surface area contributed by atoms with Crippen LogP contribution in [-0.2, 0) is 7.05 Å². The topological polar surface area (TPSA) is 51.8 Å². The van der Waals surface area contributed by atoms with Crippen molar-refractivity contribution in [3.63, 3.8) is 0 Å². The molecule has 1 fully saturated rings. The average Bonchev–Trinajstić information content (AvgIpc) is 3.45. The fourth-order valence-electron chi connectivity index (χ4n) is 4.01. The van der Waals surface area contributed by atoms with Gasteiger partial charge in [0, 0.05) is 24.7 Å². The molecule has 3 aromatic heterocycles. The second-order valence-corrected chi connectivity index (χ2v) is 9.87. The smallest absolute Gasteiger partial charge is 0.191 e. The van der Waals surface area contributed by atoms with Crippen LogP contribution in [0.15, 0.2) is 41.6 Å². The second kappa shape index (κ2) is 8.53. The highest BCUT2D eigenvalue weighted by molar-refractivity contribution is 7.99. The van der Waals surface area contributed by atoms with E-state index in [0.717, 1.165) is 44.4 Å². The molecule has 4 heterocycles. The van der Waals surface area contributed by atoms with Gasteiger partial charge in [0.05, 0.1) is 16.3 Å². The lowest BCUT2D eigenvalue weighted by Crippen LogP contribution is -2.31. The largest absolute Gasteiger partial charge is 0.304 e. The summed E-state index contributed by atoms with van der Waals surface area (Å²) in [5, 5.41) is 15.9. The first kappa shape index (κ1) is 19.8. The standard InChI is InChI=1S/C22H26N6S2/c1-16-18-15-19(30-21(18)28(25-16)17-9-5-3-6-10-17)20-23-24-22(26(20)2)29-14-13-27-11-7-4-8-12-27/h3,5-6,9-10,15H,4,7-8,11-14H2,1-2H3. The molecule has 4 aromatic rings. The molecule has 156 valence electrons. The van der Waals surface area contributed by atoms with Gasteiger partial charge in [0.1, 0.15) is 4.83 Å². The summed E-state index contributed by atoms with van der Waals surface area (Å²) >= 11 is 3.53. The number of thioether (sulfide) groups is 1. The number of likely N-dealkylation sites (tertiary alicyclic amines) is 1. The Bertz CT molecular complexity index is 1140. The van der Waals surface area contributed by atoms with Crippen LogP contribution in [0.5, 0.6) is 0 Å².